The normalized spacial score (nSPS) is 24.2. The van der Waals surface area contributed by atoms with Gasteiger partial charge in [-0.3, -0.25) is 0 Å². The van der Waals surface area contributed by atoms with Gasteiger partial charge in [-0.05, 0) is 58.6 Å². The van der Waals surface area contributed by atoms with Gasteiger partial charge in [0.15, 0.2) is 0 Å². The molecule has 2 amide bonds. The van der Waals surface area contributed by atoms with Crippen molar-refractivity contribution in [3.8, 4) is 0 Å². The van der Waals surface area contributed by atoms with Crippen molar-refractivity contribution < 1.29 is 4.79 Å². The molecule has 0 aliphatic carbocycles. The Kier molecular flexibility index (Phi) is 5.64. The molecule has 5 heteroatoms. The molecule has 2 heterocycles. The number of carbonyl (C=O) groups excluding carboxylic acids is 1. The first-order chi connectivity index (χ1) is 12.0. The van der Waals surface area contributed by atoms with Crippen molar-refractivity contribution in [2.45, 2.75) is 30.7 Å². The fourth-order valence-electron chi connectivity index (χ4n) is 4.17. The van der Waals surface area contributed by atoms with E-state index in [2.05, 4.69) is 59.5 Å². The number of rotatable bonds is 4. The van der Waals surface area contributed by atoms with Gasteiger partial charge in [0.25, 0.3) is 0 Å². The Morgan fingerprint density at radius 1 is 1.16 bits per heavy atom. The van der Waals surface area contributed by atoms with E-state index in [0.717, 1.165) is 52.0 Å². The molecule has 3 rings (SSSR count). The highest BCUT2D eigenvalue weighted by Gasteiger charge is 2.36. The SMILES string of the molecule is CN1CCC(CNC(=O)N(C)C2CCN(C)C2)(c2ccccc2)CC1. The van der Waals surface area contributed by atoms with E-state index in [1.165, 1.54) is 5.56 Å². The molecule has 0 radical (unpaired) electrons. The molecule has 0 aromatic heterocycles. The van der Waals surface area contributed by atoms with E-state index in [1.54, 1.807) is 0 Å². The summed E-state index contributed by atoms with van der Waals surface area (Å²) >= 11 is 0. The van der Waals surface area contributed by atoms with Crippen LogP contribution in [0.3, 0.4) is 0 Å². The molecule has 1 unspecified atom stereocenters. The molecule has 1 N–H and O–H groups in total. The maximum Gasteiger partial charge on any atom is 0.317 e. The third-order valence-electron chi connectivity index (χ3n) is 6.14. The number of piperidine rings is 1. The number of urea groups is 1. The largest absolute Gasteiger partial charge is 0.337 e. The summed E-state index contributed by atoms with van der Waals surface area (Å²) in [6.45, 7) is 4.92. The van der Waals surface area contributed by atoms with Gasteiger partial charge in [0.1, 0.15) is 0 Å². The number of carbonyl (C=O) groups is 1. The summed E-state index contributed by atoms with van der Waals surface area (Å²) in [6, 6.07) is 11.1. The van der Waals surface area contributed by atoms with Gasteiger partial charge in [-0.25, -0.2) is 4.79 Å². The summed E-state index contributed by atoms with van der Waals surface area (Å²) in [5.74, 6) is 0. The Labute approximate surface area is 152 Å². The van der Waals surface area contributed by atoms with Crippen LogP contribution in [-0.4, -0.2) is 80.6 Å². The third kappa shape index (κ3) is 4.15. The Morgan fingerprint density at radius 2 is 1.84 bits per heavy atom. The summed E-state index contributed by atoms with van der Waals surface area (Å²) < 4.78 is 0. The summed E-state index contributed by atoms with van der Waals surface area (Å²) in [4.78, 5) is 19.3. The Bertz CT molecular complexity index is 568. The number of likely N-dealkylation sites (tertiary alicyclic amines) is 2. The van der Waals surface area contributed by atoms with Gasteiger partial charge in [-0.2, -0.15) is 0 Å². The third-order valence-corrected chi connectivity index (χ3v) is 6.14. The molecule has 0 bridgehead atoms. The van der Waals surface area contributed by atoms with E-state index in [0.29, 0.717) is 6.04 Å². The second-order valence-corrected chi connectivity index (χ2v) is 7.92. The zero-order valence-electron chi connectivity index (χ0n) is 15.9. The zero-order valence-corrected chi connectivity index (χ0v) is 15.9. The topological polar surface area (TPSA) is 38.8 Å². The predicted molar refractivity (Wildman–Crippen MR) is 102 cm³/mol. The average molecular weight is 345 g/mol. The van der Waals surface area contributed by atoms with Gasteiger partial charge in [0.05, 0.1) is 0 Å². The van der Waals surface area contributed by atoms with E-state index < -0.39 is 0 Å². The van der Waals surface area contributed by atoms with Crippen molar-refractivity contribution in [1.82, 2.24) is 20.0 Å². The van der Waals surface area contributed by atoms with Crippen LogP contribution in [0.2, 0.25) is 0 Å². The predicted octanol–water partition coefficient (Wildman–Crippen LogP) is 2.00. The second-order valence-electron chi connectivity index (χ2n) is 7.92. The lowest BCUT2D eigenvalue weighted by molar-refractivity contribution is 0.167. The van der Waals surface area contributed by atoms with Crippen LogP contribution in [0.5, 0.6) is 0 Å². The fourth-order valence-corrected chi connectivity index (χ4v) is 4.17. The summed E-state index contributed by atoms with van der Waals surface area (Å²) in [5, 5.41) is 3.25. The molecule has 138 valence electrons. The first-order valence-electron chi connectivity index (χ1n) is 9.43. The van der Waals surface area contributed by atoms with Crippen LogP contribution in [0.15, 0.2) is 30.3 Å². The van der Waals surface area contributed by atoms with Crippen LogP contribution < -0.4 is 5.32 Å². The van der Waals surface area contributed by atoms with Crippen molar-refractivity contribution in [2.75, 3.05) is 53.9 Å². The number of amides is 2. The quantitative estimate of drug-likeness (QED) is 0.908. The summed E-state index contributed by atoms with van der Waals surface area (Å²) in [5.41, 5.74) is 1.41. The van der Waals surface area contributed by atoms with Crippen LogP contribution in [-0.2, 0) is 5.41 Å². The van der Waals surface area contributed by atoms with E-state index in [-0.39, 0.29) is 11.4 Å². The lowest BCUT2D eigenvalue weighted by Crippen LogP contribution is -2.51. The molecule has 0 saturated carbocycles. The number of nitrogens with zero attached hydrogens (tertiary/aromatic N) is 3. The molecular formula is C20H32N4O. The molecular weight excluding hydrogens is 312 g/mol. The maximum absolute atomic E-state index is 12.7. The van der Waals surface area contributed by atoms with Crippen LogP contribution in [0.4, 0.5) is 4.79 Å². The Hall–Kier alpha value is -1.59. The lowest BCUT2D eigenvalue weighted by Gasteiger charge is -2.41. The van der Waals surface area contributed by atoms with Crippen LogP contribution in [0, 0.1) is 0 Å². The van der Waals surface area contributed by atoms with Crippen LogP contribution >= 0.6 is 0 Å². The molecule has 0 spiro atoms. The van der Waals surface area contributed by atoms with Gasteiger partial charge in [-0.15, -0.1) is 0 Å². The van der Waals surface area contributed by atoms with Gasteiger partial charge in [-0.1, -0.05) is 30.3 Å². The molecule has 1 aromatic carbocycles. The molecule has 2 aliphatic heterocycles. The van der Waals surface area contributed by atoms with Gasteiger partial charge in [0, 0.05) is 31.6 Å². The molecule has 2 saturated heterocycles. The minimum Gasteiger partial charge on any atom is -0.337 e. The van der Waals surface area contributed by atoms with Crippen molar-refractivity contribution in [2.24, 2.45) is 0 Å². The molecule has 5 nitrogen and oxygen atoms in total. The van der Waals surface area contributed by atoms with Crippen molar-refractivity contribution in [3.63, 3.8) is 0 Å². The van der Waals surface area contributed by atoms with E-state index in [9.17, 15) is 4.79 Å². The smallest absolute Gasteiger partial charge is 0.317 e. The van der Waals surface area contributed by atoms with Crippen molar-refractivity contribution >= 4 is 6.03 Å². The van der Waals surface area contributed by atoms with E-state index in [4.69, 9.17) is 0 Å². The van der Waals surface area contributed by atoms with Gasteiger partial charge < -0.3 is 20.0 Å². The first-order valence-corrected chi connectivity index (χ1v) is 9.43. The minimum absolute atomic E-state index is 0.0523. The van der Waals surface area contributed by atoms with Crippen LogP contribution in [0.1, 0.15) is 24.8 Å². The zero-order chi connectivity index (χ0) is 17.9. The molecule has 2 fully saturated rings. The molecule has 2 aliphatic rings. The van der Waals surface area contributed by atoms with Gasteiger partial charge in [0.2, 0.25) is 0 Å². The number of benzene rings is 1. The monoisotopic (exact) mass is 344 g/mol. The Morgan fingerprint density at radius 3 is 2.44 bits per heavy atom. The van der Waals surface area contributed by atoms with Gasteiger partial charge >= 0.3 is 6.03 Å². The van der Waals surface area contributed by atoms with Crippen molar-refractivity contribution in [1.29, 1.82) is 0 Å². The Balaban J connectivity index is 1.66. The number of hydrogen-bond acceptors (Lipinski definition) is 3. The van der Waals surface area contributed by atoms with E-state index in [1.807, 2.05) is 11.9 Å². The highest BCUT2D eigenvalue weighted by atomic mass is 16.2. The minimum atomic E-state index is 0.0523. The number of hydrogen-bond donors (Lipinski definition) is 1. The second kappa shape index (κ2) is 7.75. The highest BCUT2D eigenvalue weighted by molar-refractivity contribution is 5.74. The molecule has 25 heavy (non-hydrogen) atoms. The standard InChI is InChI=1S/C20H32N4O/c1-22-13-10-20(11-14-22,17-7-5-4-6-8-17)16-21-19(25)24(3)18-9-12-23(2)15-18/h4-8,18H,9-16H2,1-3H3,(H,21,25). The maximum atomic E-state index is 12.7. The average Bonchev–Trinajstić information content (AvgIpc) is 3.08. The first kappa shape index (κ1) is 18.2. The van der Waals surface area contributed by atoms with Crippen LogP contribution in [0.25, 0.3) is 0 Å². The van der Waals surface area contributed by atoms with Crippen molar-refractivity contribution in [3.05, 3.63) is 35.9 Å². The lowest BCUT2D eigenvalue weighted by atomic mass is 9.72. The fraction of sp³-hybridized carbons (Fsp3) is 0.650. The summed E-state index contributed by atoms with van der Waals surface area (Å²) in [6.07, 6.45) is 3.24. The molecule has 1 atom stereocenters. The summed E-state index contributed by atoms with van der Waals surface area (Å²) in [7, 11) is 6.23. The van der Waals surface area contributed by atoms with E-state index >= 15 is 0 Å². The highest BCUT2D eigenvalue weighted by Crippen LogP contribution is 2.34. The number of likely N-dealkylation sites (N-methyl/N-ethyl adjacent to an activating group) is 2. The number of nitrogens with one attached hydrogen (secondary N) is 1. The molecule has 1 aromatic rings.